The van der Waals surface area contributed by atoms with Crippen LogP contribution < -0.4 is 5.32 Å². The lowest BCUT2D eigenvalue weighted by atomic mass is 9.79. The zero-order valence-corrected chi connectivity index (χ0v) is 14.6. The van der Waals surface area contributed by atoms with Crippen molar-refractivity contribution in [2.24, 2.45) is 22.2 Å². The minimum atomic E-state index is 0.508. The standard InChI is InChI=1S/C17H32N2S/c1-13(2)11-17(8-5-6-9-17)12-18-16-19-15(14(3)4)7-10-20-16/h13-15H,5-12H2,1-4H3,(H,18,19). The van der Waals surface area contributed by atoms with Gasteiger partial charge < -0.3 is 5.32 Å². The maximum absolute atomic E-state index is 4.99. The molecule has 0 radical (unpaired) electrons. The lowest BCUT2D eigenvalue weighted by molar-refractivity contribution is 0.245. The normalized spacial score (nSPS) is 28.3. The number of rotatable bonds is 5. The van der Waals surface area contributed by atoms with Crippen molar-refractivity contribution in [3.05, 3.63) is 0 Å². The van der Waals surface area contributed by atoms with Crippen molar-refractivity contribution < 1.29 is 0 Å². The van der Waals surface area contributed by atoms with Gasteiger partial charge in [-0.1, -0.05) is 52.3 Å². The lowest BCUT2D eigenvalue weighted by Gasteiger charge is -2.31. The van der Waals surface area contributed by atoms with Gasteiger partial charge in [0.2, 0.25) is 0 Å². The molecule has 1 heterocycles. The van der Waals surface area contributed by atoms with Gasteiger partial charge in [-0.25, -0.2) is 0 Å². The van der Waals surface area contributed by atoms with Crippen LogP contribution in [0.1, 0.15) is 66.2 Å². The highest BCUT2D eigenvalue weighted by atomic mass is 32.2. The molecule has 0 spiro atoms. The zero-order valence-electron chi connectivity index (χ0n) is 13.7. The molecule has 20 heavy (non-hydrogen) atoms. The van der Waals surface area contributed by atoms with Crippen LogP contribution in [0, 0.1) is 17.3 Å². The molecule has 116 valence electrons. The fourth-order valence-electron chi connectivity index (χ4n) is 3.80. The van der Waals surface area contributed by atoms with Gasteiger partial charge in [-0.05, 0) is 42.9 Å². The van der Waals surface area contributed by atoms with Crippen LogP contribution in [0.3, 0.4) is 0 Å². The molecule has 3 heteroatoms. The highest BCUT2D eigenvalue weighted by Gasteiger charge is 2.34. The van der Waals surface area contributed by atoms with Crippen LogP contribution >= 0.6 is 11.8 Å². The van der Waals surface area contributed by atoms with E-state index in [4.69, 9.17) is 4.99 Å². The number of nitrogens with one attached hydrogen (secondary N) is 1. The molecular formula is C17H32N2S. The Balaban J connectivity index is 1.95. The van der Waals surface area contributed by atoms with E-state index in [-0.39, 0.29) is 0 Å². The topological polar surface area (TPSA) is 24.4 Å². The lowest BCUT2D eigenvalue weighted by Crippen LogP contribution is -2.41. The Hall–Kier alpha value is -0.180. The van der Waals surface area contributed by atoms with E-state index in [0.29, 0.717) is 17.4 Å². The van der Waals surface area contributed by atoms with E-state index in [9.17, 15) is 0 Å². The first-order chi connectivity index (χ1) is 9.51. The quantitative estimate of drug-likeness (QED) is 0.795. The number of aliphatic imine (C=N–C) groups is 1. The van der Waals surface area contributed by atoms with Crippen LogP contribution in [-0.4, -0.2) is 23.5 Å². The SMILES string of the molecule is CC(C)CC1(CN=C2NC(C(C)C)CCS2)CCCC1. The van der Waals surface area contributed by atoms with E-state index in [2.05, 4.69) is 33.0 Å². The van der Waals surface area contributed by atoms with Crippen LogP contribution in [0.4, 0.5) is 0 Å². The number of hydrogen-bond donors (Lipinski definition) is 1. The summed E-state index contributed by atoms with van der Waals surface area (Å²) < 4.78 is 0. The van der Waals surface area contributed by atoms with Gasteiger partial charge in [0.1, 0.15) is 0 Å². The van der Waals surface area contributed by atoms with E-state index in [1.165, 1.54) is 49.4 Å². The second kappa shape index (κ2) is 7.20. The first-order valence-electron chi connectivity index (χ1n) is 8.44. The minimum Gasteiger partial charge on any atom is -0.362 e. The smallest absolute Gasteiger partial charge is 0.156 e. The van der Waals surface area contributed by atoms with E-state index in [0.717, 1.165) is 12.5 Å². The molecule has 1 saturated carbocycles. The summed E-state index contributed by atoms with van der Waals surface area (Å²) in [6.07, 6.45) is 8.22. The highest BCUT2D eigenvalue weighted by molar-refractivity contribution is 8.13. The van der Waals surface area contributed by atoms with Gasteiger partial charge >= 0.3 is 0 Å². The summed E-state index contributed by atoms with van der Waals surface area (Å²) in [4.78, 5) is 4.99. The monoisotopic (exact) mass is 296 g/mol. The summed E-state index contributed by atoms with van der Waals surface area (Å²) in [6.45, 7) is 10.4. The van der Waals surface area contributed by atoms with Gasteiger partial charge in [0.15, 0.2) is 5.17 Å². The predicted octanol–water partition coefficient (Wildman–Crippen LogP) is 4.70. The fourth-order valence-corrected chi connectivity index (χ4v) is 4.76. The Morgan fingerprint density at radius 1 is 1.25 bits per heavy atom. The van der Waals surface area contributed by atoms with Gasteiger partial charge in [0.25, 0.3) is 0 Å². The Kier molecular flexibility index (Phi) is 5.83. The van der Waals surface area contributed by atoms with E-state index < -0.39 is 0 Å². The highest BCUT2D eigenvalue weighted by Crippen LogP contribution is 2.43. The average molecular weight is 297 g/mol. The number of hydrogen-bond acceptors (Lipinski definition) is 2. The molecular weight excluding hydrogens is 264 g/mol. The van der Waals surface area contributed by atoms with Crippen molar-refractivity contribution in [1.29, 1.82) is 0 Å². The van der Waals surface area contributed by atoms with Crippen LogP contribution in [0.2, 0.25) is 0 Å². The third-order valence-electron chi connectivity index (χ3n) is 4.84. The Bertz CT molecular complexity index is 330. The third kappa shape index (κ3) is 4.41. The van der Waals surface area contributed by atoms with Crippen LogP contribution in [0.15, 0.2) is 4.99 Å². The summed E-state index contributed by atoms with van der Waals surface area (Å²) in [7, 11) is 0. The van der Waals surface area contributed by atoms with Crippen molar-refractivity contribution >= 4 is 16.9 Å². The van der Waals surface area contributed by atoms with Crippen molar-refractivity contribution in [2.75, 3.05) is 12.3 Å². The van der Waals surface area contributed by atoms with E-state index >= 15 is 0 Å². The Labute approximate surface area is 129 Å². The van der Waals surface area contributed by atoms with Gasteiger partial charge in [-0.15, -0.1) is 0 Å². The fraction of sp³-hybridized carbons (Fsp3) is 0.941. The summed E-state index contributed by atoms with van der Waals surface area (Å²) in [5.41, 5.74) is 0.508. The van der Waals surface area contributed by atoms with Gasteiger partial charge in [0.05, 0.1) is 0 Å². The molecule has 2 fully saturated rings. The van der Waals surface area contributed by atoms with Gasteiger partial charge in [0, 0.05) is 18.3 Å². The zero-order chi connectivity index (χ0) is 14.6. The first-order valence-corrected chi connectivity index (χ1v) is 9.43. The van der Waals surface area contributed by atoms with Crippen molar-refractivity contribution in [3.8, 4) is 0 Å². The number of amidine groups is 1. The van der Waals surface area contributed by atoms with Crippen LogP contribution in [0.5, 0.6) is 0 Å². The molecule has 1 aliphatic carbocycles. The molecule has 1 unspecified atom stereocenters. The average Bonchev–Trinajstić information content (AvgIpc) is 2.85. The molecule has 2 rings (SSSR count). The Morgan fingerprint density at radius 3 is 2.55 bits per heavy atom. The second-order valence-electron chi connectivity index (χ2n) is 7.56. The molecule has 1 atom stereocenters. The minimum absolute atomic E-state index is 0.508. The van der Waals surface area contributed by atoms with Crippen molar-refractivity contribution in [3.63, 3.8) is 0 Å². The summed E-state index contributed by atoms with van der Waals surface area (Å²) in [5, 5.41) is 4.87. The molecule has 0 aromatic carbocycles. The molecule has 0 amide bonds. The molecule has 0 aromatic rings. The maximum Gasteiger partial charge on any atom is 0.156 e. The molecule has 1 aliphatic heterocycles. The predicted molar refractivity (Wildman–Crippen MR) is 91.5 cm³/mol. The molecule has 1 N–H and O–H groups in total. The van der Waals surface area contributed by atoms with Crippen LogP contribution in [-0.2, 0) is 0 Å². The largest absolute Gasteiger partial charge is 0.362 e. The molecule has 2 nitrogen and oxygen atoms in total. The molecule has 1 saturated heterocycles. The van der Waals surface area contributed by atoms with Crippen LogP contribution in [0.25, 0.3) is 0 Å². The van der Waals surface area contributed by atoms with Crippen molar-refractivity contribution in [1.82, 2.24) is 5.32 Å². The van der Waals surface area contributed by atoms with Gasteiger partial charge in [-0.3, -0.25) is 4.99 Å². The third-order valence-corrected chi connectivity index (χ3v) is 5.81. The summed E-state index contributed by atoms with van der Waals surface area (Å²) in [5.74, 6) is 2.73. The first kappa shape index (κ1) is 16.2. The van der Waals surface area contributed by atoms with E-state index in [1.807, 2.05) is 11.8 Å². The second-order valence-corrected chi connectivity index (χ2v) is 8.64. The number of nitrogens with zero attached hydrogens (tertiary/aromatic N) is 1. The molecule has 0 bridgehead atoms. The van der Waals surface area contributed by atoms with E-state index in [1.54, 1.807) is 0 Å². The van der Waals surface area contributed by atoms with Gasteiger partial charge in [-0.2, -0.15) is 0 Å². The van der Waals surface area contributed by atoms with Crippen molar-refractivity contribution in [2.45, 2.75) is 72.3 Å². The number of thioether (sulfide) groups is 1. The summed E-state index contributed by atoms with van der Waals surface area (Å²) in [6, 6.07) is 0.625. The molecule has 0 aromatic heterocycles. The Morgan fingerprint density at radius 2 is 1.95 bits per heavy atom. The molecule has 2 aliphatic rings. The maximum atomic E-state index is 4.99. The summed E-state index contributed by atoms with van der Waals surface area (Å²) >= 11 is 1.92.